The van der Waals surface area contributed by atoms with Crippen molar-refractivity contribution in [3.63, 3.8) is 0 Å². The van der Waals surface area contributed by atoms with E-state index in [1.807, 2.05) is 91.0 Å². The third-order valence-corrected chi connectivity index (χ3v) is 18.2. The summed E-state index contributed by atoms with van der Waals surface area (Å²) < 4.78 is 24.1. The zero-order chi connectivity index (χ0) is 62.9. The van der Waals surface area contributed by atoms with Crippen molar-refractivity contribution in [2.24, 2.45) is 29.6 Å². The number of likely N-dealkylation sites (N-methyl/N-ethyl adjacent to an activating group) is 2. The normalized spacial score (nSPS) is 21.1. The number of ether oxygens (including phenoxy) is 4. The van der Waals surface area contributed by atoms with Crippen molar-refractivity contribution in [2.45, 2.75) is 186 Å². The lowest BCUT2D eigenvalue weighted by Gasteiger charge is -2.42. The molecule has 2 aliphatic rings. The molecule has 3 amide bonds. The van der Waals surface area contributed by atoms with Crippen LogP contribution in [0.2, 0.25) is 0 Å². The minimum absolute atomic E-state index is 0.0189. The van der Waals surface area contributed by atoms with Gasteiger partial charge in [0.1, 0.15) is 42.2 Å². The fourth-order valence-corrected chi connectivity index (χ4v) is 13.4. The minimum atomic E-state index is -1.61. The smallest absolute Gasteiger partial charge is 0.303 e. The van der Waals surface area contributed by atoms with Gasteiger partial charge in [-0.25, -0.2) is 4.98 Å². The summed E-state index contributed by atoms with van der Waals surface area (Å²) in [5.74, 6) is -4.09. The number of likely N-dealkylation sites (tertiary alicyclic amines) is 1. The number of aliphatic hydroxyl groups excluding tert-OH is 3. The van der Waals surface area contributed by atoms with Crippen molar-refractivity contribution in [1.82, 2.24) is 20.1 Å². The van der Waals surface area contributed by atoms with Crippen molar-refractivity contribution >= 4 is 52.4 Å². The van der Waals surface area contributed by atoms with Crippen LogP contribution in [0.4, 0.5) is 0 Å². The third-order valence-electron chi connectivity index (χ3n) is 17.3. The third kappa shape index (κ3) is 19.5. The monoisotopic (exact) mass is 1210 g/mol. The number of carboxylic acid groups (broad SMARTS) is 1. The Morgan fingerprint density at radius 3 is 2.19 bits per heavy atom. The Kier molecular flexibility index (Phi) is 27.3. The highest BCUT2D eigenvalue weighted by Crippen LogP contribution is 2.35. The van der Waals surface area contributed by atoms with Crippen LogP contribution in [0.3, 0.4) is 0 Å². The van der Waals surface area contributed by atoms with E-state index in [-0.39, 0.29) is 127 Å². The predicted molar refractivity (Wildman–Crippen MR) is 321 cm³/mol. The van der Waals surface area contributed by atoms with Gasteiger partial charge in [0.15, 0.2) is 11.8 Å². The topological polar surface area (TPSA) is 269 Å². The summed E-state index contributed by atoms with van der Waals surface area (Å²) in [6, 6.07) is 13.7. The van der Waals surface area contributed by atoms with Crippen molar-refractivity contribution in [3.05, 3.63) is 81.8 Å². The highest BCUT2D eigenvalue weighted by Gasteiger charge is 2.46. The van der Waals surface area contributed by atoms with Gasteiger partial charge >= 0.3 is 5.97 Å². The molecule has 5 rings (SSSR count). The number of amides is 3. The molecule has 3 aromatic rings. The van der Waals surface area contributed by atoms with Crippen LogP contribution < -0.4 is 10.1 Å². The van der Waals surface area contributed by atoms with E-state index in [1.165, 1.54) is 0 Å². The summed E-state index contributed by atoms with van der Waals surface area (Å²) in [4.78, 5) is 104. The predicted octanol–water partition coefficient (Wildman–Crippen LogP) is 6.18. The van der Waals surface area contributed by atoms with Crippen LogP contribution in [0.25, 0.3) is 0 Å². The van der Waals surface area contributed by atoms with Crippen molar-refractivity contribution in [3.8, 4) is 5.75 Å². The van der Waals surface area contributed by atoms with E-state index < -0.39 is 72.6 Å². The number of benzene rings is 2. The molecule has 2 saturated heterocycles. The number of methoxy groups -OCH3 is 2. The molecule has 20 nitrogen and oxygen atoms in total. The molecule has 21 heteroatoms. The number of thiazole rings is 1. The van der Waals surface area contributed by atoms with Gasteiger partial charge in [0.25, 0.3) is 0 Å². The van der Waals surface area contributed by atoms with Crippen molar-refractivity contribution in [1.29, 1.82) is 0 Å². The molecule has 472 valence electrons. The minimum Gasteiger partial charge on any atom is -0.481 e. The number of quaternary nitrogens is 1. The molecule has 3 heterocycles. The van der Waals surface area contributed by atoms with E-state index in [4.69, 9.17) is 24.1 Å². The Balaban J connectivity index is 1.31. The van der Waals surface area contributed by atoms with Crippen molar-refractivity contribution < 1.29 is 77.4 Å². The average molecular weight is 1210 g/mol. The number of aromatic nitrogens is 1. The quantitative estimate of drug-likeness (QED) is 0.0412. The van der Waals surface area contributed by atoms with E-state index in [2.05, 4.69) is 22.4 Å². The van der Waals surface area contributed by atoms with Crippen LogP contribution in [-0.4, -0.2) is 191 Å². The lowest BCUT2D eigenvalue weighted by molar-refractivity contribution is -0.922. The van der Waals surface area contributed by atoms with Crippen molar-refractivity contribution in [2.75, 3.05) is 55.1 Å². The van der Waals surface area contributed by atoms with E-state index >= 15 is 4.79 Å². The van der Waals surface area contributed by atoms with Crippen LogP contribution in [0.15, 0.2) is 60.1 Å². The molecule has 0 bridgehead atoms. The summed E-state index contributed by atoms with van der Waals surface area (Å²) in [5, 5.41) is 45.5. The number of rotatable bonds is 35. The zero-order valence-corrected chi connectivity index (χ0v) is 52.8. The van der Waals surface area contributed by atoms with Gasteiger partial charge in [-0.2, -0.15) is 0 Å². The molecular formula is C64H96N5O15S+. The molecular weight excluding hydrogens is 1110 g/mol. The Morgan fingerprint density at radius 2 is 1.58 bits per heavy atom. The molecule has 2 aliphatic heterocycles. The van der Waals surface area contributed by atoms with Gasteiger partial charge < -0.3 is 59.0 Å². The van der Waals surface area contributed by atoms with Crippen LogP contribution in [0.5, 0.6) is 5.75 Å². The molecule has 85 heavy (non-hydrogen) atoms. The fraction of sp³-hybridized carbons (Fsp3) is 0.656. The molecule has 13 atom stereocenters. The number of aliphatic hydroxyl groups is 3. The molecule has 1 aromatic heterocycles. The average Bonchev–Trinajstić information content (AvgIpc) is 3.96. The second kappa shape index (κ2) is 33.0. The molecule has 5 N–H and O–H groups in total. The van der Waals surface area contributed by atoms with Crippen LogP contribution in [0, 0.1) is 29.6 Å². The molecule has 0 unspecified atom stereocenters. The number of aliphatic carboxylic acids is 1. The highest BCUT2D eigenvalue weighted by molar-refractivity contribution is 7.09. The highest BCUT2D eigenvalue weighted by atomic mass is 32.1. The first kappa shape index (κ1) is 70.2. The van der Waals surface area contributed by atoms with Crippen LogP contribution in [0.1, 0.15) is 134 Å². The van der Waals surface area contributed by atoms with E-state index in [9.17, 15) is 44.1 Å². The second-order valence-electron chi connectivity index (χ2n) is 24.7. The first-order chi connectivity index (χ1) is 40.2. The van der Waals surface area contributed by atoms with Gasteiger partial charge in [0, 0.05) is 113 Å². The molecule has 0 aliphatic carbocycles. The SMILES string of the molecule is CC[C@H](C)[C@@H]([C@@H](CC(=O)N1CCC[C@H]1[C@H](OC)[C@@H](C)C(=O)C[C@@H](Cc1ccccc1)c1nccs1)OC)N(C)C(=O)[C@@H](CC(=O)[C@H](C(C)C)[N+](C)(C)Cc1ccc(O[C@@H]2OC[C@@H](O)[C@H](O)[C@H]2O)c(CC(=O)CCNC(=O)CCC(=O)O)c1)C(C)C. The summed E-state index contributed by atoms with van der Waals surface area (Å²) in [7, 11) is 8.77. The molecule has 0 radical (unpaired) electrons. The summed E-state index contributed by atoms with van der Waals surface area (Å²) in [6.07, 6.45) is -3.27. The maximum Gasteiger partial charge on any atom is 0.303 e. The second-order valence-corrected chi connectivity index (χ2v) is 25.6. The number of hydrogen-bond acceptors (Lipinski definition) is 16. The first-order valence-electron chi connectivity index (χ1n) is 30.1. The molecule has 0 spiro atoms. The maximum absolute atomic E-state index is 15.1. The lowest BCUT2D eigenvalue weighted by atomic mass is 9.83. The number of nitrogens with one attached hydrogen (secondary N) is 1. The fourth-order valence-electron chi connectivity index (χ4n) is 12.6. The Morgan fingerprint density at radius 1 is 0.871 bits per heavy atom. The van der Waals surface area contributed by atoms with Gasteiger partial charge in [-0.1, -0.05) is 85.2 Å². The number of carbonyl (C=O) groups excluding carboxylic acids is 6. The van der Waals surface area contributed by atoms with E-state index in [0.717, 1.165) is 22.6 Å². The van der Waals surface area contributed by atoms with E-state index in [0.29, 0.717) is 37.9 Å². The van der Waals surface area contributed by atoms with Gasteiger partial charge in [-0.3, -0.25) is 33.6 Å². The number of carbonyl (C=O) groups is 7. The Labute approximate surface area is 506 Å². The van der Waals surface area contributed by atoms with Gasteiger partial charge in [-0.15, -0.1) is 11.3 Å². The van der Waals surface area contributed by atoms with Gasteiger partial charge in [0.05, 0.1) is 62.8 Å². The number of ketones is 3. The van der Waals surface area contributed by atoms with Gasteiger partial charge in [-0.05, 0) is 54.9 Å². The summed E-state index contributed by atoms with van der Waals surface area (Å²) in [5.41, 5.74) is 2.25. The summed E-state index contributed by atoms with van der Waals surface area (Å²) >= 11 is 1.54. The van der Waals surface area contributed by atoms with E-state index in [1.54, 1.807) is 61.9 Å². The molecule has 2 aromatic carbocycles. The van der Waals surface area contributed by atoms with Crippen LogP contribution >= 0.6 is 11.3 Å². The number of carboxylic acids is 1. The largest absolute Gasteiger partial charge is 0.481 e. The molecule has 0 saturated carbocycles. The Bertz CT molecular complexity index is 2650. The zero-order valence-electron chi connectivity index (χ0n) is 52.0. The maximum atomic E-state index is 15.1. The molecule has 2 fully saturated rings. The first-order valence-corrected chi connectivity index (χ1v) is 31.0. The number of hydrogen-bond donors (Lipinski definition) is 5. The summed E-state index contributed by atoms with van der Waals surface area (Å²) in [6.45, 7) is 14.2. The van der Waals surface area contributed by atoms with Gasteiger partial charge in [0.2, 0.25) is 24.0 Å². The lowest BCUT2D eigenvalue weighted by Crippen LogP contribution is -2.56. The number of nitrogens with zero attached hydrogens (tertiary/aromatic N) is 4. The van der Waals surface area contributed by atoms with Crippen LogP contribution in [-0.2, 0) is 67.2 Å². The standard InChI is InChI=1S/C64H95N5O15S/c1-13-40(6)57(53(81-11)35-55(75)68-28-17-20-48(68)61(82-12)41(7)49(71)33-45(62-66-27-29-85-62)30-42-18-15-14-16-19-42)67(8)63(80)47(38(2)3)34-50(72)58(39(4)5)69(9,10)36-43-21-22-52(84-64-60(79)59(78)51(73)37-83-64)44(31-43)32-46(70)25-26-65-54(74)23-24-56(76)77/h14-16,18-19,21-22,27,29,31,38-41,45,47-48,51,53,57-61,64,73,78-79H,13,17,20,23-26,28,30,32-37H2,1-12H3,(H-,65,74,76,77)/p+1/t40-,41-,45+,47-,48-,51+,53+,57-,58-,59-,60+,61+,64-/m0/s1. The Hall–Kier alpha value is -5.52. The number of Topliss-reactive ketones (excluding diaryl/α,β-unsaturated/α-hetero) is 3.